The molecule has 0 spiro atoms. The molecule has 0 aliphatic rings. The Morgan fingerprint density at radius 3 is 2.72 bits per heavy atom. The van der Waals surface area contributed by atoms with Gasteiger partial charge in [-0.1, -0.05) is 60.1 Å². The standard InChI is InChI=1S/C23H18ClN3O2/c24-18-8-3-7-17(13-18)22-12-11-19(29-22)14-26-27-23(28)15-25-21-10-4-6-16-5-1-2-9-20(16)21/h1-14,25H,15H2,(H,27,28)/b26-14-. The molecule has 144 valence electrons. The van der Waals surface area contributed by atoms with Crippen LogP contribution in [0, 0.1) is 0 Å². The lowest BCUT2D eigenvalue weighted by Gasteiger charge is -2.08. The maximum Gasteiger partial charge on any atom is 0.259 e. The van der Waals surface area contributed by atoms with Gasteiger partial charge in [-0.15, -0.1) is 0 Å². The van der Waals surface area contributed by atoms with Crippen LogP contribution in [-0.4, -0.2) is 18.7 Å². The Bertz CT molecular complexity index is 1180. The number of amides is 1. The van der Waals surface area contributed by atoms with Crippen LogP contribution in [0.1, 0.15) is 5.76 Å². The van der Waals surface area contributed by atoms with Gasteiger partial charge in [0.05, 0.1) is 12.8 Å². The normalized spacial score (nSPS) is 11.1. The van der Waals surface area contributed by atoms with Gasteiger partial charge in [0.15, 0.2) is 0 Å². The van der Waals surface area contributed by atoms with Crippen molar-refractivity contribution in [2.45, 2.75) is 0 Å². The molecule has 6 heteroatoms. The van der Waals surface area contributed by atoms with Crippen LogP contribution in [0.4, 0.5) is 5.69 Å². The lowest BCUT2D eigenvalue weighted by atomic mass is 10.1. The molecule has 1 amide bonds. The second kappa shape index (κ2) is 8.63. The number of carbonyl (C=O) groups excluding carboxylic acids is 1. The highest BCUT2D eigenvalue weighted by Gasteiger charge is 2.05. The number of rotatable bonds is 6. The third-order valence-electron chi connectivity index (χ3n) is 4.35. The van der Waals surface area contributed by atoms with Crippen molar-refractivity contribution in [1.29, 1.82) is 0 Å². The van der Waals surface area contributed by atoms with E-state index in [0.29, 0.717) is 16.5 Å². The molecule has 0 saturated heterocycles. The summed E-state index contributed by atoms with van der Waals surface area (Å²) in [6.07, 6.45) is 1.46. The third-order valence-corrected chi connectivity index (χ3v) is 4.58. The van der Waals surface area contributed by atoms with E-state index in [1.54, 1.807) is 12.1 Å². The molecule has 5 nitrogen and oxygen atoms in total. The number of halogens is 1. The Hall–Kier alpha value is -3.57. The number of nitrogens with one attached hydrogen (secondary N) is 2. The van der Waals surface area contributed by atoms with Crippen molar-refractivity contribution in [3.05, 3.63) is 89.6 Å². The summed E-state index contributed by atoms with van der Waals surface area (Å²) in [4.78, 5) is 12.1. The Kier molecular flexibility index (Phi) is 5.59. The van der Waals surface area contributed by atoms with Gasteiger partial charge < -0.3 is 9.73 Å². The SMILES string of the molecule is O=C(CNc1cccc2ccccc12)N/N=C\c1ccc(-c2cccc(Cl)c2)o1. The van der Waals surface area contributed by atoms with Crippen molar-refractivity contribution in [2.24, 2.45) is 5.10 Å². The second-order valence-electron chi connectivity index (χ2n) is 6.39. The second-order valence-corrected chi connectivity index (χ2v) is 6.82. The minimum absolute atomic E-state index is 0.108. The Balaban J connectivity index is 1.33. The molecular weight excluding hydrogens is 386 g/mol. The van der Waals surface area contributed by atoms with Gasteiger partial charge in [0.2, 0.25) is 0 Å². The molecular formula is C23H18ClN3O2. The molecule has 1 aromatic heterocycles. The van der Waals surface area contributed by atoms with Gasteiger partial charge in [-0.05, 0) is 35.7 Å². The summed E-state index contributed by atoms with van der Waals surface area (Å²) >= 11 is 6.00. The zero-order valence-electron chi connectivity index (χ0n) is 15.4. The number of nitrogens with zero attached hydrogens (tertiary/aromatic N) is 1. The van der Waals surface area contributed by atoms with E-state index in [2.05, 4.69) is 15.8 Å². The topological polar surface area (TPSA) is 66.6 Å². The van der Waals surface area contributed by atoms with Crippen LogP contribution in [0.25, 0.3) is 22.1 Å². The molecule has 29 heavy (non-hydrogen) atoms. The molecule has 0 radical (unpaired) electrons. The Morgan fingerprint density at radius 1 is 1.00 bits per heavy atom. The predicted octanol–water partition coefficient (Wildman–Crippen LogP) is 5.32. The molecule has 0 aliphatic carbocycles. The van der Waals surface area contributed by atoms with Gasteiger partial charge >= 0.3 is 0 Å². The summed E-state index contributed by atoms with van der Waals surface area (Å²) in [6, 6.07) is 24.9. The van der Waals surface area contributed by atoms with Crippen molar-refractivity contribution in [2.75, 3.05) is 11.9 Å². The van der Waals surface area contributed by atoms with Crippen LogP contribution in [0.3, 0.4) is 0 Å². The molecule has 1 heterocycles. The van der Waals surface area contributed by atoms with Crippen LogP contribution < -0.4 is 10.7 Å². The number of benzene rings is 3. The smallest absolute Gasteiger partial charge is 0.259 e. The molecule has 0 saturated carbocycles. The maximum atomic E-state index is 12.1. The largest absolute Gasteiger partial charge is 0.455 e. The van der Waals surface area contributed by atoms with E-state index >= 15 is 0 Å². The van der Waals surface area contributed by atoms with Crippen molar-refractivity contribution >= 4 is 40.2 Å². The highest BCUT2D eigenvalue weighted by molar-refractivity contribution is 6.30. The van der Waals surface area contributed by atoms with Crippen LogP contribution in [0.15, 0.2) is 88.4 Å². The number of fused-ring (bicyclic) bond motifs is 1. The Morgan fingerprint density at radius 2 is 1.83 bits per heavy atom. The first kappa shape index (κ1) is 18.8. The van der Waals surface area contributed by atoms with E-state index < -0.39 is 0 Å². The first-order chi connectivity index (χ1) is 14.2. The van der Waals surface area contributed by atoms with Crippen molar-refractivity contribution in [1.82, 2.24) is 5.43 Å². The molecule has 0 fully saturated rings. The number of hydrogen-bond acceptors (Lipinski definition) is 4. The minimum atomic E-state index is -0.254. The molecule has 0 atom stereocenters. The minimum Gasteiger partial charge on any atom is -0.455 e. The summed E-state index contributed by atoms with van der Waals surface area (Å²) < 4.78 is 5.71. The summed E-state index contributed by atoms with van der Waals surface area (Å²) in [6.45, 7) is 0.108. The molecule has 0 aliphatic heterocycles. The maximum absolute atomic E-state index is 12.1. The molecule has 4 rings (SSSR count). The van der Waals surface area contributed by atoms with E-state index in [-0.39, 0.29) is 12.5 Å². The Labute approximate surface area is 173 Å². The van der Waals surface area contributed by atoms with E-state index in [0.717, 1.165) is 22.0 Å². The number of carbonyl (C=O) groups is 1. The van der Waals surface area contributed by atoms with Gasteiger partial charge in [0.25, 0.3) is 5.91 Å². The highest BCUT2D eigenvalue weighted by Crippen LogP contribution is 2.24. The first-order valence-corrected chi connectivity index (χ1v) is 9.46. The zero-order chi connectivity index (χ0) is 20.1. The van der Waals surface area contributed by atoms with Crippen molar-refractivity contribution in [3.8, 4) is 11.3 Å². The monoisotopic (exact) mass is 403 g/mol. The molecule has 0 unspecified atom stereocenters. The van der Waals surface area contributed by atoms with Gasteiger partial charge in [-0.3, -0.25) is 4.79 Å². The van der Waals surface area contributed by atoms with Gasteiger partial charge in [0, 0.05) is 21.7 Å². The lowest BCUT2D eigenvalue weighted by molar-refractivity contribution is -0.119. The summed E-state index contributed by atoms with van der Waals surface area (Å²) in [5.74, 6) is 0.955. The fourth-order valence-electron chi connectivity index (χ4n) is 2.98. The third kappa shape index (κ3) is 4.65. The lowest BCUT2D eigenvalue weighted by Crippen LogP contribution is -2.25. The van der Waals surface area contributed by atoms with Crippen LogP contribution in [0.2, 0.25) is 5.02 Å². The fourth-order valence-corrected chi connectivity index (χ4v) is 3.17. The van der Waals surface area contributed by atoms with Crippen LogP contribution in [-0.2, 0) is 4.79 Å². The number of anilines is 1. The van der Waals surface area contributed by atoms with E-state index in [9.17, 15) is 4.79 Å². The number of hydrazone groups is 1. The van der Waals surface area contributed by atoms with Crippen LogP contribution >= 0.6 is 11.6 Å². The number of furan rings is 1. The van der Waals surface area contributed by atoms with E-state index in [1.807, 2.05) is 66.7 Å². The van der Waals surface area contributed by atoms with E-state index in [4.69, 9.17) is 16.0 Å². The first-order valence-electron chi connectivity index (χ1n) is 9.08. The highest BCUT2D eigenvalue weighted by atomic mass is 35.5. The summed E-state index contributed by atoms with van der Waals surface area (Å²) in [5.41, 5.74) is 4.27. The molecule has 2 N–H and O–H groups in total. The number of hydrogen-bond donors (Lipinski definition) is 2. The summed E-state index contributed by atoms with van der Waals surface area (Å²) in [5, 5.41) is 9.92. The quantitative estimate of drug-likeness (QED) is 0.338. The molecule has 4 aromatic rings. The van der Waals surface area contributed by atoms with Gasteiger partial charge in [0.1, 0.15) is 11.5 Å². The van der Waals surface area contributed by atoms with Crippen molar-refractivity contribution in [3.63, 3.8) is 0 Å². The molecule has 0 bridgehead atoms. The van der Waals surface area contributed by atoms with E-state index in [1.165, 1.54) is 6.21 Å². The average Bonchev–Trinajstić information content (AvgIpc) is 3.21. The predicted molar refractivity (Wildman–Crippen MR) is 117 cm³/mol. The van der Waals surface area contributed by atoms with Crippen molar-refractivity contribution < 1.29 is 9.21 Å². The van der Waals surface area contributed by atoms with Crippen LogP contribution in [0.5, 0.6) is 0 Å². The molecule has 3 aromatic carbocycles. The fraction of sp³-hybridized carbons (Fsp3) is 0.0435. The summed E-state index contributed by atoms with van der Waals surface area (Å²) in [7, 11) is 0. The van der Waals surface area contributed by atoms with Gasteiger partial charge in [-0.25, -0.2) is 5.43 Å². The average molecular weight is 404 g/mol. The zero-order valence-corrected chi connectivity index (χ0v) is 16.2. The van der Waals surface area contributed by atoms with Gasteiger partial charge in [-0.2, -0.15) is 5.10 Å².